The molecule has 0 spiro atoms. The Morgan fingerprint density at radius 2 is 1.60 bits per heavy atom. The smallest absolute Gasteiger partial charge is 0.224 e. The second kappa shape index (κ2) is 6.39. The molecule has 1 aliphatic heterocycles. The van der Waals surface area contributed by atoms with Gasteiger partial charge in [0.15, 0.2) is 0 Å². The largest absolute Gasteiger partial charge is 0.337 e. The number of hydrogen-bond acceptors (Lipinski definition) is 3. The Labute approximate surface area is 150 Å². The van der Waals surface area contributed by atoms with E-state index in [1.54, 1.807) is 0 Å². The molecule has 5 fully saturated rings. The van der Waals surface area contributed by atoms with Gasteiger partial charge >= 0.3 is 0 Å². The first-order valence-electron chi connectivity index (χ1n) is 10.2. The van der Waals surface area contributed by atoms with Crippen molar-refractivity contribution in [2.45, 2.75) is 51.1 Å². The van der Waals surface area contributed by atoms with Crippen LogP contribution < -0.4 is 0 Å². The third-order valence-electron chi connectivity index (χ3n) is 7.34. The van der Waals surface area contributed by atoms with Crippen LogP contribution in [0, 0.1) is 23.7 Å². The number of pyridine rings is 1. The van der Waals surface area contributed by atoms with Crippen LogP contribution in [0.4, 0.5) is 0 Å². The van der Waals surface area contributed by atoms with Gasteiger partial charge in [-0.3, -0.25) is 14.7 Å². The van der Waals surface area contributed by atoms with Crippen LogP contribution in [0.15, 0.2) is 24.5 Å². The minimum atomic E-state index is 0.322. The van der Waals surface area contributed by atoms with E-state index in [2.05, 4.69) is 14.8 Å². The summed E-state index contributed by atoms with van der Waals surface area (Å²) in [6.07, 6.45) is 11.7. The fourth-order valence-electron chi connectivity index (χ4n) is 6.55. The molecule has 134 valence electrons. The average Bonchev–Trinajstić information content (AvgIpc) is 2.78. The zero-order chi connectivity index (χ0) is 16.8. The van der Waals surface area contributed by atoms with Crippen molar-refractivity contribution in [1.82, 2.24) is 14.8 Å². The summed E-state index contributed by atoms with van der Waals surface area (Å²) in [4.78, 5) is 21.5. The van der Waals surface area contributed by atoms with Crippen molar-refractivity contribution in [3.8, 4) is 0 Å². The van der Waals surface area contributed by atoms with Gasteiger partial charge in [-0.2, -0.15) is 0 Å². The Bertz CT molecular complexity index is 603. The van der Waals surface area contributed by atoms with E-state index in [4.69, 9.17) is 0 Å². The third-order valence-corrected chi connectivity index (χ3v) is 7.34. The molecule has 0 unspecified atom stereocenters. The van der Waals surface area contributed by atoms with Gasteiger partial charge in [0, 0.05) is 51.0 Å². The summed E-state index contributed by atoms with van der Waals surface area (Å²) in [6, 6.07) is 4.81. The van der Waals surface area contributed by atoms with Crippen molar-refractivity contribution in [3.05, 3.63) is 30.1 Å². The highest BCUT2D eigenvalue weighted by atomic mass is 16.2. The van der Waals surface area contributed by atoms with Crippen LogP contribution in [0.2, 0.25) is 0 Å². The lowest BCUT2D eigenvalue weighted by atomic mass is 9.54. The second-order valence-electron chi connectivity index (χ2n) is 8.88. The molecule has 0 N–H and O–H groups in total. The molecule has 1 saturated heterocycles. The first-order valence-corrected chi connectivity index (χ1v) is 10.2. The number of rotatable bonds is 3. The highest BCUT2D eigenvalue weighted by Crippen LogP contribution is 2.55. The van der Waals surface area contributed by atoms with E-state index >= 15 is 0 Å². The lowest BCUT2D eigenvalue weighted by molar-refractivity contribution is -0.131. The normalized spacial score (nSPS) is 38.2. The van der Waals surface area contributed by atoms with Gasteiger partial charge in [-0.15, -0.1) is 0 Å². The number of aromatic nitrogens is 1. The zero-order valence-corrected chi connectivity index (χ0v) is 15.0. The number of carbonyl (C=O) groups is 1. The molecule has 5 aliphatic rings. The van der Waals surface area contributed by atoms with Crippen molar-refractivity contribution in [3.63, 3.8) is 0 Å². The van der Waals surface area contributed by atoms with E-state index in [-0.39, 0.29) is 0 Å². The highest BCUT2D eigenvalue weighted by Gasteiger charge is 2.50. The summed E-state index contributed by atoms with van der Waals surface area (Å²) in [5.74, 6) is 4.20. The van der Waals surface area contributed by atoms with Crippen LogP contribution in [0.3, 0.4) is 0 Å². The van der Waals surface area contributed by atoms with Crippen LogP contribution in [-0.2, 0) is 11.3 Å². The lowest BCUT2D eigenvalue weighted by Gasteiger charge is -2.57. The number of amides is 1. The summed E-state index contributed by atoms with van der Waals surface area (Å²) in [6.45, 7) is 3.64. The SMILES string of the molecule is O=C1CCN(C2C3CC4CC(C3)CC2C4)CCN1Cc1ccncc1. The number of carbonyl (C=O) groups excluding carboxylic acids is 1. The molecule has 0 atom stereocenters. The van der Waals surface area contributed by atoms with Gasteiger partial charge in [-0.05, 0) is 73.5 Å². The van der Waals surface area contributed by atoms with Crippen LogP contribution in [0.5, 0.6) is 0 Å². The number of hydrogen-bond donors (Lipinski definition) is 0. The van der Waals surface area contributed by atoms with Gasteiger partial charge in [0.25, 0.3) is 0 Å². The van der Waals surface area contributed by atoms with Crippen molar-refractivity contribution >= 4 is 5.91 Å². The summed E-state index contributed by atoms with van der Waals surface area (Å²) in [5, 5.41) is 0. The molecule has 0 aromatic carbocycles. The molecule has 1 aromatic rings. The van der Waals surface area contributed by atoms with E-state index in [1.807, 2.05) is 24.5 Å². The van der Waals surface area contributed by atoms with Crippen molar-refractivity contribution in [2.24, 2.45) is 23.7 Å². The quantitative estimate of drug-likeness (QED) is 0.849. The molecule has 4 nitrogen and oxygen atoms in total. The topological polar surface area (TPSA) is 36.4 Å². The minimum Gasteiger partial charge on any atom is -0.337 e. The van der Waals surface area contributed by atoms with E-state index < -0.39 is 0 Å². The van der Waals surface area contributed by atoms with Gasteiger partial charge < -0.3 is 4.90 Å². The molecular weight excluding hydrogens is 310 g/mol. The maximum absolute atomic E-state index is 12.6. The molecule has 1 aromatic heterocycles. The maximum atomic E-state index is 12.6. The highest BCUT2D eigenvalue weighted by molar-refractivity contribution is 5.76. The Morgan fingerprint density at radius 1 is 0.920 bits per heavy atom. The van der Waals surface area contributed by atoms with E-state index in [1.165, 1.54) is 37.7 Å². The zero-order valence-electron chi connectivity index (χ0n) is 15.0. The maximum Gasteiger partial charge on any atom is 0.224 e. The molecule has 2 heterocycles. The minimum absolute atomic E-state index is 0.322. The summed E-state index contributed by atoms with van der Waals surface area (Å²) in [7, 11) is 0. The number of nitrogens with zero attached hydrogens (tertiary/aromatic N) is 3. The lowest BCUT2D eigenvalue weighted by Crippen LogP contribution is -2.56. The summed E-state index contributed by atoms with van der Waals surface area (Å²) >= 11 is 0. The average molecular weight is 339 g/mol. The molecule has 4 saturated carbocycles. The van der Waals surface area contributed by atoms with Crippen LogP contribution >= 0.6 is 0 Å². The molecule has 0 radical (unpaired) electrons. The monoisotopic (exact) mass is 339 g/mol. The molecule has 6 rings (SSSR count). The van der Waals surface area contributed by atoms with Gasteiger partial charge in [-0.25, -0.2) is 0 Å². The van der Waals surface area contributed by atoms with E-state index in [9.17, 15) is 4.79 Å². The van der Waals surface area contributed by atoms with Crippen LogP contribution in [0.25, 0.3) is 0 Å². The predicted octanol–water partition coefficient (Wildman–Crippen LogP) is 2.94. The summed E-state index contributed by atoms with van der Waals surface area (Å²) < 4.78 is 0. The van der Waals surface area contributed by atoms with Crippen molar-refractivity contribution in [2.75, 3.05) is 19.6 Å². The summed E-state index contributed by atoms with van der Waals surface area (Å²) in [5.41, 5.74) is 1.19. The standard InChI is InChI=1S/C21H29N3O/c25-20-3-6-23(7-8-24(20)14-15-1-4-22-5-2-15)21-18-10-16-9-17(12-18)13-19(21)11-16/h1-2,4-5,16-19,21H,3,6-14H2. The van der Waals surface area contributed by atoms with E-state index in [0.717, 1.165) is 55.9 Å². The van der Waals surface area contributed by atoms with Gasteiger partial charge in [-0.1, -0.05) is 0 Å². The Kier molecular flexibility index (Phi) is 4.04. The van der Waals surface area contributed by atoms with Gasteiger partial charge in [0.05, 0.1) is 0 Å². The fourth-order valence-corrected chi connectivity index (χ4v) is 6.55. The molecular formula is C21H29N3O. The van der Waals surface area contributed by atoms with E-state index in [0.29, 0.717) is 12.3 Å². The van der Waals surface area contributed by atoms with Crippen molar-refractivity contribution < 1.29 is 4.79 Å². The molecule has 25 heavy (non-hydrogen) atoms. The van der Waals surface area contributed by atoms with Crippen LogP contribution in [0.1, 0.15) is 44.1 Å². The fraction of sp³-hybridized carbons (Fsp3) is 0.714. The Balaban J connectivity index is 1.27. The predicted molar refractivity (Wildman–Crippen MR) is 96.7 cm³/mol. The second-order valence-corrected chi connectivity index (χ2v) is 8.88. The third kappa shape index (κ3) is 2.99. The van der Waals surface area contributed by atoms with Gasteiger partial charge in [0.2, 0.25) is 5.91 Å². The first kappa shape index (κ1) is 15.8. The molecule has 1 amide bonds. The van der Waals surface area contributed by atoms with Crippen molar-refractivity contribution in [1.29, 1.82) is 0 Å². The molecule has 4 aliphatic carbocycles. The Morgan fingerprint density at radius 3 is 2.28 bits per heavy atom. The molecule has 4 bridgehead atoms. The molecule has 4 heteroatoms. The van der Waals surface area contributed by atoms with Gasteiger partial charge in [0.1, 0.15) is 0 Å². The first-order chi connectivity index (χ1) is 12.3. The van der Waals surface area contributed by atoms with Crippen LogP contribution in [-0.4, -0.2) is 46.4 Å². The Hall–Kier alpha value is -1.42.